The van der Waals surface area contributed by atoms with Crippen LogP contribution >= 0.6 is 0 Å². The van der Waals surface area contributed by atoms with Gasteiger partial charge in [0.15, 0.2) is 0 Å². The Labute approximate surface area is 280 Å². The Hall–Kier alpha value is -3.71. The molecule has 1 saturated heterocycles. The fourth-order valence-electron chi connectivity index (χ4n) is 8.95. The van der Waals surface area contributed by atoms with Crippen LogP contribution < -0.4 is 21.3 Å². The van der Waals surface area contributed by atoms with Crippen LogP contribution in [0.15, 0.2) is 29.7 Å². The van der Waals surface area contributed by atoms with Crippen molar-refractivity contribution in [3.63, 3.8) is 0 Å². The highest BCUT2D eigenvalue weighted by Gasteiger charge is 2.61. The quantitative estimate of drug-likeness (QED) is 0.139. The van der Waals surface area contributed by atoms with Gasteiger partial charge in [-0.15, -0.1) is 0 Å². The monoisotopic (exact) mass is 661 g/mol. The van der Waals surface area contributed by atoms with Crippen molar-refractivity contribution in [2.75, 3.05) is 6.54 Å². The van der Waals surface area contributed by atoms with Crippen molar-refractivity contribution >= 4 is 29.4 Å². The van der Waals surface area contributed by atoms with Gasteiger partial charge in [-0.05, 0) is 67.3 Å². The summed E-state index contributed by atoms with van der Waals surface area (Å²) in [4.78, 5) is 77.6. The highest BCUT2D eigenvalue weighted by atomic mass is 16.3. The van der Waals surface area contributed by atoms with E-state index < -0.39 is 59.3 Å². The molecule has 2 unspecified atom stereocenters. The largest absolute Gasteiger partial charge is 0.376 e. The predicted molar refractivity (Wildman–Crippen MR) is 173 cm³/mol. The summed E-state index contributed by atoms with van der Waals surface area (Å²) in [5.41, 5.74) is 1.37. The molecule has 8 atom stereocenters. The molecule has 5 N–H and O–H groups in total. The van der Waals surface area contributed by atoms with Gasteiger partial charge >= 0.3 is 0 Å². The van der Waals surface area contributed by atoms with Gasteiger partial charge in [-0.1, -0.05) is 45.6 Å². The van der Waals surface area contributed by atoms with Gasteiger partial charge in [0, 0.05) is 30.9 Å². The lowest BCUT2D eigenvalue weighted by Gasteiger charge is -2.41. The Bertz CT molecular complexity index is 1510. The summed E-state index contributed by atoms with van der Waals surface area (Å²) in [5.74, 6) is -2.37. The molecule has 2 aliphatic heterocycles. The maximum atomic E-state index is 14.6. The molecule has 258 valence electrons. The average Bonchev–Trinajstić information content (AvgIpc) is 3.76. The van der Waals surface area contributed by atoms with Crippen molar-refractivity contribution in [1.29, 1.82) is 0 Å². The highest BCUT2D eigenvalue weighted by Crippen LogP contribution is 2.59. The second-order valence-electron chi connectivity index (χ2n) is 15.8. The number of aliphatic hydroxyl groups excluding tert-OH is 1. The molecule has 6 aliphatic rings. The summed E-state index contributed by atoms with van der Waals surface area (Å²) in [6, 6.07) is -3.37. The summed E-state index contributed by atoms with van der Waals surface area (Å²) in [7, 11) is 0. The van der Waals surface area contributed by atoms with E-state index in [9.17, 15) is 29.1 Å². The lowest BCUT2D eigenvalue weighted by Crippen LogP contribution is -2.63. The van der Waals surface area contributed by atoms with E-state index in [0.29, 0.717) is 13.0 Å². The van der Waals surface area contributed by atoms with Crippen LogP contribution in [-0.2, 0) is 19.2 Å². The Kier molecular flexibility index (Phi) is 8.64. The third-order valence-electron chi connectivity index (χ3n) is 11.5. The Morgan fingerprint density at radius 1 is 1.06 bits per heavy atom. The first-order valence-corrected chi connectivity index (χ1v) is 17.6. The first-order chi connectivity index (χ1) is 22.9. The van der Waals surface area contributed by atoms with Crippen LogP contribution in [0.25, 0.3) is 0 Å². The standard InChI is InChI=1S/C35H47N7O6/c1-35(2,3)29(41-31(45)25(17-7-5-4-6-8-17)39-30(44)22-15-36-11-12-37-22)34(48)42-16-19-13-18-14-21-23(18)24(19)27(42)32(46)40-26(21)28(43)33(47)38-20-9-10-20/h11-12,15,17-20,24-27,29,31,41,45H,4-10,13-14,16H2,1-3H3,(H,38,47)(H,39,44)(H,40,46)/t18?,19-,24+,25-,26-,27-,29+,31?/m0/s1. The number of amides is 4. The first kappa shape index (κ1) is 32.8. The number of likely N-dealkylation sites (tertiary alicyclic amines) is 1. The van der Waals surface area contributed by atoms with E-state index in [-0.39, 0.29) is 41.3 Å². The van der Waals surface area contributed by atoms with E-state index in [2.05, 4.69) is 31.2 Å². The summed E-state index contributed by atoms with van der Waals surface area (Å²) < 4.78 is 0. The van der Waals surface area contributed by atoms with Gasteiger partial charge in [-0.2, -0.15) is 0 Å². The second-order valence-corrected chi connectivity index (χ2v) is 15.8. The molecule has 1 aromatic heterocycles. The van der Waals surface area contributed by atoms with Crippen molar-refractivity contribution in [2.45, 2.75) is 115 Å². The maximum absolute atomic E-state index is 14.6. The molecule has 1 aromatic rings. The Balaban J connectivity index is 1.12. The van der Waals surface area contributed by atoms with Crippen molar-refractivity contribution in [3.05, 3.63) is 35.4 Å². The van der Waals surface area contributed by atoms with Gasteiger partial charge in [-0.25, -0.2) is 4.98 Å². The Morgan fingerprint density at radius 3 is 2.48 bits per heavy atom. The van der Waals surface area contributed by atoms with Crippen molar-refractivity contribution in [2.24, 2.45) is 29.1 Å². The number of nitrogens with one attached hydrogen (secondary N) is 4. The van der Waals surface area contributed by atoms with Gasteiger partial charge in [0.05, 0.1) is 18.3 Å². The number of carbonyl (C=O) groups excluding carboxylic acids is 5. The van der Waals surface area contributed by atoms with Gasteiger partial charge in [0.1, 0.15) is 24.0 Å². The molecule has 0 spiro atoms. The number of aliphatic hydroxyl groups is 1. The first-order valence-electron chi connectivity index (χ1n) is 17.6. The summed E-state index contributed by atoms with van der Waals surface area (Å²) in [6.45, 7) is 6.12. The number of carbonyl (C=O) groups is 5. The van der Waals surface area contributed by atoms with Crippen LogP contribution in [0.3, 0.4) is 0 Å². The number of nitrogens with zero attached hydrogens (tertiary/aromatic N) is 3. The minimum Gasteiger partial charge on any atom is -0.376 e. The molecule has 4 amide bonds. The molecule has 4 fully saturated rings. The zero-order chi connectivity index (χ0) is 33.9. The van der Waals surface area contributed by atoms with Crippen LogP contribution in [0, 0.1) is 29.1 Å². The van der Waals surface area contributed by atoms with Crippen LogP contribution in [0.2, 0.25) is 0 Å². The molecule has 13 nitrogen and oxygen atoms in total. The molecule has 3 heterocycles. The molecular weight excluding hydrogens is 614 g/mol. The van der Waals surface area contributed by atoms with Crippen LogP contribution in [0.1, 0.15) is 89.0 Å². The fourth-order valence-corrected chi connectivity index (χ4v) is 8.95. The van der Waals surface area contributed by atoms with E-state index >= 15 is 0 Å². The number of aromatic nitrogens is 2. The number of rotatable bonds is 10. The highest BCUT2D eigenvalue weighted by molar-refractivity contribution is 6.39. The van der Waals surface area contributed by atoms with E-state index in [4.69, 9.17) is 0 Å². The number of ketones is 1. The fraction of sp³-hybridized carbons (Fsp3) is 0.686. The van der Waals surface area contributed by atoms with Crippen molar-refractivity contribution in [1.82, 2.24) is 36.1 Å². The minimum atomic E-state index is -1.26. The number of hydrogen-bond donors (Lipinski definition) is 5. The summed E-state index contributed by atoms with van der Waals surface area (Å²) >= 11 is 0. The second kappa shape index (κ2) is 12.6. The molecule has 4 aliphatic carbocycles. The third-order valence-corrected chi connectivity index (χ3v) is 11.5. The van der Waals surface area contributed by atoms with E-state index in [1.54, 1.807) is 4.90 Å². The molecule has 13 heteroatoms. The predicted octanol–water partition coefficient (Wildman–Crippen LogP) is 0.988. The van der Waals surface area contributed by atoms with Crippen molar-refractivity contribution in [3.8, 4) is 0 Å². The van der Waals surface area contributed by atoms with Crippen LogP contribution in [-0.4, -0.2) is 92.4 Å². The number of hydrogen-bond acceptors (Lipinski definition) is 9. The molecular formula is C35H47N7O6. The van der Waals surface area contributed by atoms with E-state index in [0.717, 1.165) is 62.5 Å². The van der Waals surface area contributed by atoms with E-state index in [1.165, 1.54) is 18.6 Å². The third kappa shape index (κ3) is 6.04. The lowest BCUT2D eigenvalue weighted by atomic mass is 9.72. The smallest absolute Gasteiger partial charge is 0.290 e. The van der Waals surface area contributed by atoms with Crippen LogP contribution in [0.4, 0.5) is 0 Å². The zero-order valence-electron chi connectivity index (χ0n) is 27.9. The molecule has 48 heavy (non-hydrogen) atoms. The maximum Gasteiger partial charge on any atom is 0.290 e. The van der Waals surface area contributed by atoms with Crippen molar-refractivity contribution < 1.29 is 29.1 Å². The number of Topliss-reactive ketones (excluding diaryl/α,β-unsaturated/α-hetero) is 1. The SMILES string of the molecule is CC(C)(C)[C@H](NC(O)[C@@H](NC(=O)c1cnccn1)C1CCCCC1)C(=O)N1C[C@@H]2CC3CC4=C3[C@@H]2[C@H]1C(=O)N[C@@H]4C(=O)C(=O)NC1CC1. The normalized spacial score (nSPS) is 30.0. The zero-order valence-corrected chi connectivity index (χ0v) is 27.9. The van der Waals surface area contributed by atoms with Gasteiger partial charge in [0.2, 0.25) is 17.6 Å². The lowest BCUT2D eigenvalue weighted by molar-refractivity contribution is -0.145. The Morgan fingerprint density at radius 2 is 1.81 bits per heavy atom. The van der Waals surface area contributed by atoms with Crippen LogP contribution in [0.5, 0.6) is 0 Å². The van der Waals surface area contributed by atoms with Gasteiger partial charge in [-0.3, -0.25) is 34.3 Å². The molecule has 3 saturated carbocycles. The van der Waals surface area contributed by atoms with Gasteiger partial charge < -0.3 is 26.0 Å². The molecule has 0 bridgehead atoms. The van der Waals surface area contributed by atoms with E-state index in [1.807, 2.05) is 20.8 Å². The molecule has 7 rings (SSSR count). The molecule has 0 radical (unpaired) electrons. The molecule has 0 aromatic carbocycles. The van der Waals surface area contributed by atoms with Gasteiger partial charge in [0.25, 0.3) is 11.8 Å². The summed E-state index contributed by atoms with van der Waals surface area (Å²) in [6.07, 6.45) is 11.0. The average molecular weight is 662 g/mol. The summed E-state index contributed by atoms with van der Waals surface area (Å²) in [5, 5.41) is 23.6. The minimum absolute atomic E-state index is 0.0103. The topological polar surface area (TPSA) is 183 Å².